The van der Waals surface area contributed by atoms with Crippen LogP contribution in [0.5, 0.6) is 0 Å². The highest BCUT2D eigenvalue weighted by Gasteiger charge is 2.35. The van der Waals surface area contributed by atoms with Crippen LogP contribution >= 0.6 is 0 Å². The Morgan fingerprint density at radius 1 is 1.12 bits per heavy atom. The van der Waals surface area contributed by atoms with Gasteiger partial charge in [0.1, 0.15) is 5.82 Å². The van der Waals surface area contributed by atoms with Crippen molar-refractivity contribution in [2.75, 3.05) is 10.2 Å². The molecule has 1 saturated carbocycles. The molecule has 1 heterocycles. The smallest absolute Gasteiger partial charge is 0.259 e. The average Bonchev–Trinajstić information content (AvgIpc) is 3.46. The van der Waals surface area contributed by atoms with Gasteiger partial charge >= 0.3 is 0 Å². The highest BCUT2D eigenvalue weighted by atomic mass is 16.2. The molecule has 132 valence electrons. The van der Waals surface area contributed by atoms with Gasteiger partial charge in [0.15, 0.2) is 0 Å². The summed E-state index contributed by atoms with van der Waals surface area (Å²) in [6.07, 6.45) is 3.72. The van der Waals surface area contributed by atoms with Gasteiger partial charge in [-0.05, 0) is 55.7 Å². The number of rotatable bonds is 5. The molecule has 4 rings (SSSR count). The lowest BCUT2D eigenvalue weighted by atomic mass is 10.1. The monoisotopic (exact) mass is 346 g/mol. The molecular formula is C21H22N4O. The van der Waals surface area contributed by atoms with Gasteiger partial charge in [0.05, 0.1) is 0 Å². The van der Waals surface area contributed by atoms with E-state index in [9.17, 15) is 4.79 Å². The minimum absolute atomic E-state index is 0.00699. The molecule has 1 amide bonds. The number of carbonyl (C=O) groups is 1. The Labute approximate surface area is 153 Å². The molecule has 0 spiro atoms. The molecule has 26 heavy (non-hydrogen) atoms. The molecule has 0 unspecified atom stereocenters. The summed E-state index contributed by atoms with van der Waals surface area (Å²) in [6, 6.07) is 16.2. The van der Waals surface area contributed by atoms with Gasteiger partial charge in [-0.2, -0.15) is 4.98 Å². The summed E-state index contributed by atoms with van der Waals surface area (Å²) in [6.45, 7) is 4.07. The van der Waals surface area contributed by atoms with Gasteiger partial charge in [-0.15, -0.1) is 0 Å². The fraction of sp³-hybridized carbons (Fsp3) is 0.286. The summed E-state index contributed by atoms with van der Waals surface area (Å²) in [7, 11) is 0. The van der Waals surface area contributed by atoms with E-state index in [1.54, 1.807) is 6.20 Å². The normalized spacial score (nSPS) is 13.8. The van der Waals surface area contributed by atoms with Crippen molar-refractivity contribution in [1.29, 1.82) is 0 Å². The molecule has 1 aliphatic carbocycles. The zero-order valence-corrected chi connectivity index (χ0v) is 15.0. The minimum atomic E-state index is -0.00699. The van der Waals surface area contributed by atoms with Crippen LogP contribution in [-0.2, 0) is 0 Å². The van der Waals surface area contributed by atoms with Crippen molar-refractivity contribution in [1.82, 2.24) is 9.97 Å². The van der Waals surface area contributed by atoms with Crippen molar-refractivity contribution < 1.29 is 4.79 Å². The molecule has 3 aromatic rings. The third-order valence-electron chi connectivity index (χ3n) is 4.43. The lowest BCUT2D eigenvalue weighted by molar-refractivity contribution is 0.0984. The second-order valence-corrected chi connectivity index (χ2v) is 7.01. The molecule has 0 radical (unpaired) electrons. The van der Waals surface area contributed by atoms with E-state index in [0.717, 1.165) is 23.6 Å². The predicted molar refractivity (Wildman–Crippen MR) is 105 cm³/mol. The van der Waals surface area contributed by atoms with Crippen LogP contribution in [0.1, 0.15) is 37.0 Å². The van der Waals surface area contributed by atoms with Crippen LogP contribution in [0.2, 0.25) is 0 Å². The number of amides is 1. The van der Waals surface area contributed by atoms with Crippen molar-refractivity contribution in [2.24, 2.45) is 0 Å². The van der Waals surface area contributed by atoms with Crippen LogP contribution in [0.15, 0.2) is 54.7 Å². The van der Waals surface area contributed by atoms with Gasteiger partial charge in [-0.1, -0.05) is 30.3 Å². The molecule has 1 aromatic heterocycles. The second-order valence-electron chi connectivity index (χ2n) is 7.01. The van der Waals surface area contributed by atoms with Crippen LogP contribution in [0.25, 0.3) is 10.8 Å². The molecule has 1 fully saturated rings. The molecule has 0 saturated heterocycles. The number of hydrogen-bond acceptors (Lipinski definition) is 4. The van der Waals surface area contributed by atoms with Crippen molar-refractivity contribution in [3.63, 3.8) is 0 Å². The maximum Gasteiger partial charge on any atom is 0.259 e. The van der Waals surface area contributed by atoms with Crippen LogP contribution in [0.4, 0.5) is 11.8 Å². The Hall–Kier alpha value is -2.95. The van der Waals surface area contributed by atoms with E-state index in [1.165, 1.54) is 0 Å². The van der Waals surface area contributed by atoms with Crippen LogP contribution in [0, 0.1) is 0 Å². The average molecular weight is 346 g/mol. The Balaban J connectivity index is 1.68. The number of aromatic nitrogens is 2. The third kappa shape index (κ3) is 3.38. The first-order valence-electron chi connectivity index (χ1n) is 9.04. The molecular weight excluding hydrogens is 324 g/mol. The zero-order chi connectivity index (χ0) is 18.1. The number of nitrogens with one attached hydrogen (secondary N) is 1. The number of carbonyl (C=O) groups excluding carboxylic acids is 1. The van der Waals surface area contributed by atoms with Gasteiger partial charge in [-0.25, -0.2) is 4.98 Å². The van der Waals surface area contributed by atoms with E-state index in [-0.39, 0.29) is 18.0 Å². The van der Waals surface area contributed by atoms with E-state index in [4.69, 9.17) is 0 Å². The lowest BCUT2D eigenvalue weighted by Crippen LogP contribution is -2.34. The molecule has 0 aliphatic heterocycles. The molecule has 2 aromatic carbocycles. The van der Waals surface area contributed by atoms with Crippen molar-refractivity contribution in [3.8, 4) is 0 Å². The van der Waals surface area contributed by atoms with Crippen molar-refractivity contribution >= 4 is 28.4 Å². The minimum Gasteiger partial charge on any atom is -0.352 e. The second kappa shape index (κ2) is 6.75. The summed E-state index contributed by atoms with van der Waals surface area (Å²) in [5.41, 5.74) is 0.688. The summed E-state index contributed by atoms with van der Waals surface area (Å²) >= 11 is 0. The Morgan fingerprint density at radius 2 is 1.88 bits per heavy atom. The van der Waals surface area contributed by atoms with Gasteiger partial charge in [-0.3, -0.25) is 9.69 Å². The van der Waals surface area contributed by atoms with Crippen molar-refractivity contribution in [2.45, 2.75) is 38.8 Å². The first-order chi connectivity index (χ1) is 12.6. The lowest BCUT2D eigenvalue weighted by Gasteiger charge is -2.22. The van der Waals surface area contributed by atoms with Gasteiger partial charge in [0.2, 0.25) is 5.95 Å². The van der Waals surface area contributed by atoms with E-state index in [0.29, 0.717) is 17.3 Å². The molecule has 5 nitrogen and oxygen atoms in total. The van der Waals surface area contributed by atoms with Crippen LogP contribution in [-0.4, -0.2) is 28.0 Å². The standard InChI is InChI=1S/C21H22N4O/c1-14(2)23-21-22-12-11-19(24-21)25(18-9-10-18)20(26)17-8-7-15-5-3-4-6-16(15)13-17/h3-8,11-14,18H,9-10H2,1-2H3,(H,22,23,24). The predicted octanol–water partition coefficient (Wildman–Crippen LogP) is 4.26. The number of benzene rings is 2. The zero-order valence-electron chi connectivity index (χ0n) is 15.0. The summed E-state index contributed by atoms with van der Waals surface area (Å²) < 4.78 is 0. The Morgan fingerprint density at radius 3 is 2.62 bits per heavy atom. The van der Waals surface area contributed by atoms with Crippen LogP contribution in [0.3, 0.4) is 0 Å². The molecule has 0 atom stereocenters. The van der Waals surface area contributed by atoms with Gasteiger partial charge in [0, 0.05) is 23.8 Å². The van der Waals surface area contributed by atoms with E-state index in [1.807, 2.05) is 61.2 Å². The highest BCUT2D eigenvalue weighted by Crippen LogP contribution is 2.32. The number of anilines is 2. The third-order valence-corrected chi connectivity index (χ3v) is 4.43. The summed E-state index contributed by atoms with van der Waals surface area (Å²) in [5.74, 6) is 1.20. The van der Waals surface area contributed by atoms with E-state index >= 15 is 0 Å². The Kier molecular flexibility index (Phi) is 4.29. The molecule has 1 N–H and O–H groups in total. The maximum atomic E-state index is 13.2. The number of fused-ring (bicyclic) bond motifs is 1. The maximum absolute atomic E-state index is 13.2. The van der Waals surface area contributed by atoms with Gasteiger partial charge < -0.3 is 5.32 Å². The topological polar surface area (TPSA) is 58.1 Å². The largest absolute Gasteiger partial charge is 0.352 e. The SMILES string of the molecule is CC(C)Nc1nccc(N(C(=O)c2ccc3ccccc3c2)C2CC2)n1. The molecule has 0 bridgehead atoms. The summed E-state index contributed by atoms with van der Waals surface area (Å²) in [5, 5.41) is 5.40. The fourth-order valence-corrected chi connectivity index (χ4v) is 3.06. The number of hydrogen-bond donors (Lipinski definition) is 1. The summed E-state index contributed by atoms with van der Waals surface area (Å²) in [4.78, 5) is 23.9. The molecule has 1 aliphatic rings. The van der Waals surface area contributed by atoms with Crippen LogP contribution < -0.4 is 10.2 Å². The van der Waals surface area contributed by atoms with E-state index in [2.05, 4.69) is 21.4 Å². The molecule has 5 heteroatoms. The Bertz CT molecular complexity index is 949. The fourth-order valence-electron chi connectivity index (χ4n) is 3.06. The quantitative estimate of drug-likeness (QED) is 0.750. The van der Waals surface area contributed by atoms with Crippen molar-refractivity contribution in [3.05, 3.63) is 60.3 Å². The first kappa shape index (κ1) is 16.5. The number of nitrogens with zero attached hydrogens (tertiary/aromatic N) is 3. The first-order valence-corrected chi connectivity index (χ1v) is 9.04. The highest BCUT2D eigenvalue weighted by molar-refractivity contribution is 6.08. The van der Waals surface area contributed by atoms with Gasteiger partial charge in [0.25, 0.3) is 5.91 Å². The van der Waals surface area contributed by atoms with E-state index < -0.39 is 0 Å².